The van der Waals surface area contributed by atoms with Crippen molar-refractivity contribution in [3.8, 4) is 0 Å². The van der Waals surface area contributed by atoms with Crippen LogP contribution in [-0.4, -0.2) is 0 Å². The van der Waals surface area contributed by atoms with Gasteiger partial charge in [0, 0.05) is 11.1 Å². The van der Waals surface area contributed by atoms with Crippen LogP contribution in [0.3, 0.4) is 0 Å². The van der Waals surface area contributed by atoms with Crippen molar-refractivity contribution in [1.82, 2.24) is 0 Å². The molecular weight excluding hydrogens is 867 g/mol. The molecule has 50 heavy (non-hydrogen) atoms. The Labute approximate surface area is 358 Å². The average molecular weight is 904 g/mol. The number of allylic oxidation sites excluding steroid dienone is 5. The van der Waals surface area contributed by atoms with Gasteiger partial charge >= 0.3 is 26.2 Å². The minimum atomic E-state index is -1.52. The van der Waals surface area contributed by atoms with E-state index in [4.69, 9.17) is 69.6 Å². The third-order valence-corrected chi connectivity index (χ3v) is 9.57. The molecule has 1 aliphatic rings. The van der Waals surface area contributed by atoms with Crippen LogP contribution in [0.5, 0.6) is 0 Å². The van der Waals surface area contributed by atoms with Crippen LogP contribution in [0.2, 0.25) is 0 Å². The molecule has 1 aliphatic carbocycles. The quantitative estimate of drug-likeness (QED) is 0.124. The standard InChI is InChI=1S/C21H25.C20H11Cl6.2ClH.Zr/c1-20(2,3)16-7-9-18-14(12-16)11-15-13-17(21(4,5)6)8-10-19(15)18;21-19(22,23)16-9-3-7-14(11-16)18(13-5-1-2-6-13)15-8-4-10-17(12-15)20(24,25)26;;;/h7-13H,1-6H3;1-5,7-12H;2*1H;/q2*-1;;;+4/p-2. The first-order valence-electron chi connectivity index (χ1n) is 15.3. The minimum absolute atomic E-state index is 0. The van der Waals surface area contributed by atoms with Crippen molar-refractivity contribution in [3.05, 3.63) is 154 Å². The Bertz CT molecular complexity index is 1880. The molecule has 0 saturated carbocycles. The zero-order chi connectivity index (χ0) is 34.4. The van der Waals surface area contributed by atoms with Gasteiger partial charge in [0.25, 0.3) is 0 Å². The first kappa shape index (κ1) is 45.3. The number of rotatable bonds is 2. The van der Waals surface area contributed by atoms with Crippen LogP contribution in [0.1, 0.15) is 74.9 Å². The summed E-state index contributed by atoms with van der Waals surface area (Å²) in [6.07, 6.45) is 8.92. The summed E-state index contributed by atoms with van der Waals surface area (Å²) in [6.45, 7) is 13.6. The van der Waals surface area contributed by atoms with Gasteiger partial charge in [0.05, 0.1) is 0 Å². The molecule has 0 unspecified atom stereocenters. The maximum absolute atomic E-state index is 6.05. The molecule has 0 fully saturated rings. The van der Waals surface area contributed by atoms with Crippen molar-refractivity contribution in [2.45, 2.75) is 60.0 Å². The van der Waals surface area contributed by atoms with Crippen LogP contribution in [0.25, 0.3) is 27.1 Å². The van der Waals surface area contributed by atoms with Gasteiger partial charge in [-0.25, -0.2) is 0 Å². The number of hydrogen-bond acceptors (Lipinski definition) is 0. The van der Waals surface area contributed by atoms with Gasteiger partial charge in [-0.2, -0.15) is 23.8 Å². The SMILES string of the molecule is CC(C)(C)c1ccc2c(c1)[cH-]c1cc(C(C)(C)C)ccc12.ClC(Cl)(Cl)c1cccc(C(=C2[C-]=CC=C2)c2cccc(C(Cl)(Cl)Cl)c2)c1.[Cl-].[Cl-].[Zr+4]. The molecule has 0 atom stereocenters. The Balaban J connectivity index is 0.000000333. The molecule has 0 spiro atoms. The minimum Gasteiger partial charge on any atom is -1.00 e. The van der Waals surface area contributed by atoms with E-state index in [1.165, 1.54) is 32.7 Å². The predicted molar refractivity (Wildman–Crippen MR) is 209 cm³/mol. The summed E-state index contributed by atoms with van der Waals surface area (Å²) in [4.78, 5) is 0. The van der Waals surface area contributed by atoms with E-state index >= 15 is 0 Å². The maximum Gasteiger partial charge on any atom is 4.00 e. The molecule has 0 saturated heterocycles. The van der Waals surface area contributed by atoms with E-state index in [2.05, 4.69) is 90.1 Å². The second-order valence-corrected chi connectivity index (χ2v) is 18.4. The van der Waals surface area contributed by atoms with E-state index in [-0.39, 0.29) is 61.8 Å². The number of alkyl halides is 6. The number of hydrogen-bond donors (Lipinski definition) is 0. The van der Waals surface area contributed by atoms with Crippen molar-refractivity contribution >= 4 is 96.7 Å². The van der Waals surface area contributed by atoms with Crippen LogP contribution >= 0.6 is 69.6 Å². The first-order chi connectivity index (χ1) is 21.8. The zero-order valence-corrected chi connectivity index (χ0v) is 36.9. The molecule has 9 heteroatoms. The average Bonchev–Trinajstić information content (AvgIpc) is 3.64. The van der Waals surface area contributed by atoms with Crippen LogP contribution in [0.15, 0.2) is 115 Å². The summed E-state index contributed by atoms with van der Waals surface area (Å²) in [5, 5.41) is 5.48. The van der Waals surface area contributed by atoms with E-state index < -0.39 is 7.59 Å². The number of benzene rings is 4. The summed E-state index contributed by atoms with van der Waals surface area (Å²) >= 11 is 36.3. The Morgan fingerprint density at radius 1 is 0.560 bits per heavy atom. The molecule has 5 aromatic rings. The fourth-order valence-corrected chi connectivity index (χ4v) is 6.33. The largest absolute Gasteiger partial charge is 4.00 e. The van der Waals surface area contributed by atoms with E-state index in [1.54, 1.807) is 12.1 Å². The second-order valence-electron chi connectivity index (χ2n) is 13.9. The molecule has 260 valence electrons. The maximum atomic E-state index is 6.05. The normalized spacial score (nSPS) is 12.9. The Morgan fingerprint density at radius 3 is 1.32 bits per heavy atom. The van der Waals surface area contributed by atoms with Crippen molar-refractivity contribution in [3.63, 3.8) is 0 Å². The van der Waals surface area contributed by atoms with E-state index in [0.717, 1.165) is 22.3 Å². The van der Waals surface area contributed by atoms with Gasteiger partial charge in [0.2, 0.25) is 7.59 Å². The third-order valence-electron chi connectivity index (χ3n) is 8.26. The fourth-order valence-electron chi connectivity index (χ4n) is 5.62. The van der Waals surface area contributed by atoms with Gasteiger partial charge in [-0.05, 0) is 10.8 Å². The van der Waals surface area contributed by atoms with Crippen LogP contribution in [0, 0.1) is 6.08 Å². The summed E-state index contributed by atoms with van der Waals surface area (Å²) in [6, 6.07) is 31.0. The van der Waals surface area contributed by atoms with Gasteiger partial charge in [-0.1, -0.05) is 212 Å². The topological polar surface area (TPSA) is 0 Å². The summed E-state index contributed by atoms with van der Waals surface area (Å²) < 4.78 is -3.04. The summed E-state index contributed by atoms with van der Waals surface area (Å²) in [5.41, 5.74) is 7.90. The van der Waals surface area contributed by atoms with Gasteiger partial charge in [0.15, 0.2) is 0 Å². The summed E-state index contributed by atoms with van der Waals surface area (Å²) in [5.74, 6) is 0. The molecule has 5 aromatic carbocycles. The van der Waals surface area contributed by atoms with Gasteiger partial charge in [0.1, 0.15) is 0 Å². The van der Waals surface area contributed by atoms with Gasteiger partial charge in [-0.15, -0.1) is 45.8 Å². The fraction of sp³-hybridized carbons (Fsp3) is 0.244. The molecule has 0 aliphatic heterocycles. The first-order valence-corrected chi connectivity index (χ1v) is 17.6. The monoisotopic (exact) mass is 898 g/mol. The van der Waals surface area contributed by atoms with Crippen molar-refractivity contribution < 1.29 is 51.0 Å². The molecule has 0 heterocycles. The van der Waals surface area contributed by atoms with E-state index in [9.17, 15) is 0 Å². The molecular formula is C41H36Cl8Zr. The predicted octanol–water partition coefficient (Wildman–Crippen LogP) is 8.38. The zero-order valence-electron chi connectivity index (χ0n) is 28.4. The Morgan fingerprint density at radius 2 is 0.980 bits per heavy atom. The van der Waals surface area contributed by atoms with Crippen molar-refractivity contribution in [2.75, 3.05) is 0 Å². The third kappa shape index (κ3) is 10.9. The van der Waals surface area contributed by atoms with E-state index in [1.807, 2.05) is 54.6 Å². The molecule has 0 N–H and O–H groups in total. The van der Waals surface area contributed by atoms with Crippen LogP contribution in [-0.2, 0) is 44.6 Å². The molecule has 0 aromatic heterocycles. The Hall–Kier alpha value is -0.827. The van der Waals surface area contributed by atoms with Gasteiger partial charge < -0.3 is 24.8 Å². The molecule has 0 radical (unpaired) electrons. The smallest absolute Gasteiger partial charge is 1.00 e. The molecule has 6 rings (SSSR count). The molecule has 0 bridgehead atoms. The number of fused-ring (bicyclic) bond motifs is 3. The Kier molecular flexibility index (Phi) is 15.9. The van der Waals surface area contributed by atoms with Gasteiger partial charge in [-0.3, -0.25) is 0 Å². The molecule has 0 nitrogen and oxygen atoms in total. The summed E-state index contributed by atoms with van der Waals surface area (Å²) in [7, 11) is 0. The van der Waals surface area contributed by atoms with Crippen LogP contribution < -0.4 is 24.8 Å². The van der Waals surface area contributed by atoms with Crippen LogP contribution in [0.4, 0.5) is 0 Å². The van der Waals surface area contributed by atoms with Crippen molar-refractivity contribution in [2.24, 2.45) is 0 Å². The molecule has 0 amide bonds. The number of halogens is 8. The van der Waals surface area contributed by atoms with E-state index in [0.29, 0.717) is 11.1 Å². The second kappa shape index (κ2) is 17.5. The van der Waals surface area contributed by atoms with Crippen molar-refractivity contribution in [1.29, 1.82) is 0 Å².